The van der Waals surface area contributed by atoms with E-state index < -0.39 is 0 Å². The topological polar surface area (TPSA) is 20.2 Å². The summed E-state index contributed by atoms with van der Waals surface area (Å²) in [5, 5.41) is 0. The molecule has 0 aromatic rings. The molecule has 0 aliphatic heterocycles. The Hall–Kier alpha value is 2.31. The summed E-state index contributed by atoms with van der Waals surface area (Å²) < 4.78 is 8.51. The van der Waals surface area contributed by atoms with E-state index in [0.29, 0.717) is 0 Å². The van der Waals surface area contributed by atoms with E-state index in [4.69, 9.17) is 4.55 Å². The van der Waals surface area contributed by atoms with Crippen LogP contribution < -0.4 is 0 Å². The molecule has 0 unspecified atom stereocenters. The van der Waals surface area contributed by atoms with E-state index in [1.807, 2.05) is 0 Å². The molecule has 0 aliphatic carbocycles. The molecular weight excluding hydrogens is 238 g/mol. The van der Waals surface area contributed by atoms with Gasteiger partial charge >= 0.3 is 59.1 Å². The normalized spacial score (nSPS) is 9.38. The third kappa shape index (κ3) is 21.6. The van der Waals surface area contributed by atoms with Crippen molar-refractivity contribution < 1.29 is 4.55 Å². The van der Waals surface area contributed by atoms with Crippen molar-refractivity contribution in [3.05, 3.63) is 0 Å². The first-order valence-electron chi connectivity index (χ1n) is 6.18. The van der Waals surface area contributed by atoms with Gasteiger partial charge in [0.15, 0.2) is 0 Å². The minimum atomic E-state index is 0. The molecule has 0 aromatic heterocycles. The Kier molecular flexibility index (Phi) is 32.9. The van der Waals surface area contributed by atoms with Crippen molar-refractivity contribution in [2.45, 2.75) is 71.1 Å². The van der Waals surface area contributed by atoms with Crippen molar-refractivity contribution in [3.8, 4) is 0 Å². The number of rotatable bonds is 11. The average Bonchev–Trinajstić information content (AvgIpc) is 2.21. The summed E-state index contributed by atoms with van der Waals surface area (Å²) >= 11 is 0.979. The van der Waals surface area contributed by atoms with Gasteiger partial charge in [0.25, 0.3) is 0 Å². The quantitative estimate of drug-likeness (QED) is 0.348. The Morgan fingerprint density at radius 3 is 1.44 bits per heavy atom. The first-order valence-corrected chi connectivity index (χ1v) is 7.12. The van der Waals surface area contributed by atoms with Gasteiger partial charge in [-0.3, -0.25) is 0 Å². The standard InChI is InChI=1S/C12H26OS.2Na.2H/c1-2-3-4-5-6-7-8-9-10-11-12-14-13;;;;/h13H,2-12H2,1H3;;;;. The molecule has 0 aromatic carbocycles. The van der Waals surface area contributed by atoms with Crippen LogP contribution in [0.25, 0.3) is 0 Å². The fourth-order valence-corrected chi connectivity index (χ4v) is 1.99. The molecule has 0 fully saturated rings. The fourth-order valence-electron chi connectivity index (χ4n) is 1.65. The van der Waals surface area contributed by atoms with Gasteiger partial charge in [0.1, 0.15) is 0 Å². The van der Waals surface area contributed by atoms with Crippen LogP contribution in [0.3, 0.4) is 0 Å². The molecule has 0 spiro atoms. The number of hydrogen-bond acceptors (Lipinski definition) is 2. The predicted molar refractivity (Wildman–Crippen MR) is 81.2 cm³/mol. The summed E-state index contributed by atoms with van der Waals surface area (Å²) in [5.74, 6) is 0.913. The maximum atomic E-state index is 8.51. The fraction of sp³-hybridized carbons (Fsp3) is 1.00. The summed E-state index contributed by atoms with van der Waals surface area (Å²) in [7, 11) is 0. The number of unbranched alkanes of at least 4 members (excludes halogenated alkanes) is 9. The maximum absolute atomic E-state index is 8.51. The number of hydrogen-bond donors (Lipinski definition) is 1. The zero-order valence-electron chi connectivity index (χ0n) is 9.63. The van der Waals surface area contributed by atoms with Crippen LogP contribution in [0.15, 0.2) is 0 Å². The molecule has 0 heterocycles. The molecule has 0 saturated heterocycles. The van der Waals surface area contributed by atoms with Gasteiger partial charge in [0, 0.05) is 5.75 Å². The van der Waals surface area contributed by atoms with Gasteiger partial charge in [-0.05, 0) is 18.5 Å². The van der Waals surface area contributed by atoms with Crippen LogP contribution in [0.1, 0.15) is 71.1 Å². The molecule has 0 atom stereocenters. The summed E-state index contributed by atoms with van der Waals surface area (Å²) in [6.07, 6.45) is 13.7. The van der Waals surface area contributed by atoms with E-state index in [9.17, 15) is 0 Å². The van der Waals surface area contributed by atoms with Crippen molar-refractivity contribution in [1.29, 1.82) is 0 Å². The molecule has 4 heteroatoms. The van der Waals surface area contributed by atoms with Gasteiger partial charge in [0.05, 0.1) is 0 Å². The second-order valence-electron chi connectivity index (χ2n) is 4.02. The molecule has 1 nitrogen and oxygen atoms in total. The van der Waals surface area contributed by atoms with Crippen LogP contribution in [0.4, 0.5) is 0 Å². The molecule has 16 heavy (non-hydrogen) atoms. The zero-order chi connectivity index (χ0) is 10.5. The van der Waals surface area contributed by atoms with Gasteiger partial charge < -0.3 is 4.55 Å². The zero-order valence-corrected chi connectivity index (χ0v) is 10.5. The molecule has 1 N–H and O–H groups in total. The Bertz CT molecular complexity index is 93.0. The molecule has 90 valence electrons. The van der Waals surface area contributed by atoms with Gasteiger partial charge in [-0.15, -0.1) is 0 Å². The third-order valence-electron chi connectivity index (χ3n) is 2.59. The van der Waals surface area contributed by atoms with Gasteiger partial charge in [-0.2, -0.15) is 0 Å². The Balaban J connectivity index is -0.000000845. The Morgan fingerprint density at radius 1 is 0.688 bits per heavy atom. The van der Waals surface area contributed by atoms with E-state index in [0.717, 1.165) is 17.8 Å². The summed E-state index contributed by atoms with van der Waals surface area (Å²) in [5.41, 5.74) is 0. The summed E-state index contributed by atoms with van der Waals surface area (Å²) in [6, 6.07) is 0. The van der Waals surface area contributed by atoms with Crippen LogP contribution in [0, 0.1) is 0 Å². The molecule has 0 saturated carbocycles. The molecule has 0 aliphatic rings. The summed E-state index contributed by atoms with van der Waals surface area (Å²) in [6.45, 7) is 2.26. The van der Waals surface area contributed by atoms with Crippen molar-refractivity contribution >= 4 is 71.2 Å². The van der Waals surface area contributed by atoms with E-state index in [1.165, 1.54) is 64.2 Å². The van der Waals surface area contributed by atoms with Crippen LogP contribution >= 0.6 is 12.0 Å². The second-order valence-corrected chi connectivity index (χ2v) is 4.68. The van der Waals surface area contributed by atoms with E-state index in [1.54, 1.807) is 0 Å². The van der Waals surface area contributed by atoms with Crippen LogP contribution in [-0.2, 0) is 0 Å². The SMILES string of the molecule is CCCCCCCCCCCCSO.[NaH].[NaH]. The third-order valence-corrected chi connectivity index (χ3v) is 3.06. The first kappa shape index (κ1) is 23.4. The molecule has 0 bridgehead atoms. The molecule has 0 rings (SSSR count). The minimum absolute atomic E-state index is 0. The second kappa shape index (κ2) is 22.5. The van der Waals surface area contributed by atoms with Gasteiger partial charge in [-0.25, -0.2) is 0 Å². The molecule has 0 radical (unpaired) electrons. The van der Waals surface area contributed by atoms with Crippen LogP contribution in [0.5, 0.6) is 0 Å². The van der Waals surface area contributed by atoms with E-state index >= 15 is 0 Å². The van der Waals surface area contributed by atoms with Crippen LogP contribution in [-0.4, -0.2) is 69.4 Å². The summed E-state index contributed by atoms with van der Waals surface area (Å²) in [4.78, 5) is 0. The van der Waals surface area contributed by atoms with Gasteiger partial charge in [0.2, 0.25) is 0 Å². The Labute approximate surface area is 151 Å². The predicted octanol–water partition coefficient (Wildman–Crippen LogP) is 3.82. The monoisotopic (exact) mass is 266 g/mol. The van der Waals surface area contributed by atoms with Crippen molar-refractivity contribution in [1.82, 2.24) is 0 Å². The van der Waals surface area contributed by atoms with Crippen LogP contribution in [0.2, 0.25) is 0 Å². The Morgan fingerprint density at radius 2 is 1.06 bits per heavy atom. The van der Waals surface area contributed by atoms with Crippen molar-refractivity contribution in [2.24, 2.45) is 0 Å². The van der Waals surface area contributed by atoms with Crippen molar-refractivity contribution in [3.63, 3.8) is 0 Å². The average molecular weight is 266 g/mol. The van der Waals surface area contributed by atoms with Gasteiger partial charge in [-0.1, -0.05) is 64.7 Å². The van der Waals surface area contributed by atoms with E-state index in [2.05, 4.69) is 6.92 Å². The molecule has 0 amide bonds. The van der Waals surface area contributed by atoms with E-state index in [-0.39, 0.29) is 59.1 Å². The molecular formula is C12H28Na2OS. The van der Waals surface area contributed by atoms with Crippen molar-refractivity contribution in [2.75, 3.05) is 5.75 Å². The first-order chi connectivity index (χ1) is 6.91.